The summed E-state index contributed by atoms with van der Waals surface area (Å²) in [5.74, 6) is 1.30. The maximum absolute atomic E-state index is 9.98. The van der Waals surface area contributed by atoms with Crippen LogP contribution in [0.25, 0.3) is 11.0 Å². The molecule has 5 nitrogen and oxygen atoms in total. The first-order chi connectivity index (χ1) is 9.74. The fraction of sp³-hybridized carbons (Fsp3) is 0.467. The molecule has 1 aromatic heterocycles. The molecule has 4 N–H and O–H groups in total. The molecule has 1 aliphatic carbocycles. The summed E-state index contributed by atoms with van der Waals surface area (Å²) in [6, 6.07) is 7.67. The Bertz CT molecular complexity index is 601. The fourth-order valence-corrected chi connectivity index (χ4v) is 2.80. The van der Waals surface area contributed by atoms with E-state index in [2.05, 4.69) is 15.3 Å². The van der Waals surface area contributed by atoms with Crippen molar-refractivity contribution in [2.24, 2.45) is 5.92 Å². The lowest BCUT2D eigenvalue weighted by atomic mass is 9.86. The van der Waals surface area contributed by atoms with Crippen LogP contribution in [0.2, 0.25) is 0 Å². The number of hydrogen-bond acceptors (Lipinski definition) is 5. The Balaban J connectivity index is 1.75. The number of hydrogen-bond donors (Lipinski definition) is 3. The zero-order chi connectivity index (χ0) is 13.9. The van der Waals surface area contributed by atoms with E-state index in [1.807, 2.05) is 24.3 Å². The minimum Gasteiger partial charge on any atom is -0.393 e. The number of rotatable bonds is 3. The molecule has 3 rings (SSSR count). The number of anilines is 2. The van der Waals surface area contributed by atoms with E-state index in [9.17, 15) is 5.11 Å². The molecule has 5 heteroatoms. The van der Waals surface area contributed by atoms with Crippen LogP contribution in [-0.2, 0) is 0 Å². The molecule has 2 atom stereocenters. The number of aliphatic hydroxyl groups excluding tert-OH is 1. The largest absolute Gasteiger partial charge is 0.393 e. The van der Waals surface area contributed by atoms with Crippen molar-refractivity contribution in [3.63, 3.8) is 0 Å². The summed E-state index contributed by atoms with van der Waals surface area (Å²) in [7, 11) is 0. The average Bonchev–Trinajstić information content (AvgIpc) is 2.46. The van der Waals surface area contributed by atoms with Crippen molar-refractivity contribution in [1.29, 1.82) is 0 Å². The van der Waals surface area contributed by atoms with Crippen molar-refractivity contribution >= 4 is 22.7 Å². The van der Waals surface area contributed by atoms with Crippen molar-refractivity contribution in [3.05, 3.63) is 24.3 Å². The van der Waals surface area contributed by atoms with Crippen molar-refractivity contribution in [1.82, 2.24) is 9.97 Å². The van der Waals surface area contributed by atoms with Crippen molar-refractivity contribution in [2.45, 2.75) is 31.8 Å². The number of para-hydroxylation sites is 2. The minimum absolute atomic E-state index is 0.217. The Kier molecular flexibility index (Phi) is 3.69. The van der Waals surface area contributed by atoms with Gasteiger partial charge in [0.05, 0.1) is 17.1 Å². The smallest absolute Gasteiger partial charge is 0.169 e. The predicted octanol–water partition coefficient (Wildman–Crippen LogP) is 2.18. The molecule has 0 aliphatic heterocycles. The second kappa shape index (κ2) is 5.63. The molecular weight excluding hydrogens is 252 g/mol. The van der Waals surface area contributed by atoms with E-state index in [1.165, 1.54) is 6.42 Å². The second-order valence-corrected chi connectivity index (χ2v) is 5.44. The zero-order valence-corrected chi connectivity index (χ0v) is 11.4. The summed E-state index contributed by atoms with van der Waals surface area (Å²) in [6.45, 7) is 0.693. The number of aliphatic hydroxyl groups is 1. The molecule has 1 fully saturated rings. The number of nitrogens with two attached hydrogens (primary N) is 1. The molecule has 0 radical (unpaired) electrons. The molecule has 0 saturated heterocycles. The van der Waals surface area contributed by atoms with Gasteiger partial charge in [-0.05, 0) is 25.0 Å². The lowest BCUT2D eigenvalue weighted by molar-refractivity contribution is 0.0763. The summed E-state index contributed by atoms with van der Waals surface area (Å²) in [5.41, 5.74) is 7.56. The number of aromatic nitrogens is 2. The third kappa shape index (κ3) is 2.67. The highest BCUT2D eigenvalue weighted by atomic mass is 16.3. The van der Waals surface area contributed by atoms with Crippen LogP contribution in [0.1, 0.15) is 25.7 Å². The third-order valence-electron chi connectivity index (χ3n) is 4.00. The topological polar surface area (TPSA) is 84.1 Å². The summed E-state index contributed by atoms with van der Waals surface area (Å²) in [4.78, 5) is 8.85. The first-order valence-electron chi connectivity index (χ1n) is 7.18. The normalized spacial score (nSPS) is 22.9. The number of nitrogens with zero attached hydrogens (tertiary/aromatic N) is 2. The Hall–Kier alpha value is -1.88. The third-order valence-corrected chi connectivity index (χ3v) is 4.00. The summed E-state index contributed by atoms with van der Waals surface area (Å²) in [6.07, 6.45) is 4.03. The first-order valence-corrected chi connectivity index (χ1v) is 7.18. The minimum atomic E-state index is -0.217. The fourth-order valence-electron chi connectivity index (χ4n) is 2.80. The number of benzene rings is 1. The van der Waals surface area contributed by atoms with E-state index in [1.54, 1.807) is 0 Å². The van der Waals surface area contributed by atoms with Gasteiger partial charge in [-0.1, -0.05) is 25.0 Å². The molecule has 106 valence electrons. The Labute approximate surface area is 118 Å². The van der Waals surface area contributed by atoms with Gasteiger partial charge < -0.3 is 16.2 Å². The lowest BCUT2D eigenvalue weighted by Crippen LogP contribution is -2.30. The monoisotopic (exact) mass is 272 g/mol. The van der Waals surface area contributed by atoms with E-state index in [0.29, 0.717) is 18.2 Å². The van der Waals surface area contributed by atoms with Gasteiger partial charge in [-0.3, -0.25) is 0 Å². The van der Waals surface area contributed by atoms with Gasteiger partial charge in [0.15, 0.2) is 11.6 Å². The second-order valence-electron chi connectivity index (χ2n) is 5.44. The number of fused-ring (bicyclic) bond motifs is 1. The molecule has 20 heavy (non-hydrogen) atoms. The summed E-state index contributed by atoms with van der Waals surface area (Å²) >= 11 is 0. The average molecular weight is 272 g/mol. The Morgan fingerprint density at radius 2 is 1.85 bits per heavy atom. The van der Waals surface area contributed by atoms with E-state index < -0.39 is 0 Å². The highest BCUT2D eigenvalue weighted by Crippen LogP contribution is 2.25. The highest BCUT2D eigenvalue weighted by Gasteiger charge is 2.23. The molecule has 0 bridgehead atoms. The van der Waals surface area contributed by atoms with Crippen LogP contribution < -0.4 is 11.1 Å². The Morgan fingerprint density at radius 3 is 2.60 bits per heavy atom. The molecule has 1 heterocycles. The van der Waals surface area contributed by atoms with Gasteiger partial charge in [0.1, 0.15) is 0 Å². The molecular formula is C15H20N4O. The Morgan fingerprint density at radius 1 is 1.15 bits per heavy atom. The van der Waals surface area contributed by atoms with Gasteiger partial charge in [0.2, 0.25) is 0 Å². The van der Waals surface area contributed by atoms with Crippen LogP contribution in [0.4, 0.5) is 11.6 Å². The molecule has 1 saturated carbocycles. The number of nitrogen functional groups attached to an aromatic ring is 1. The van der Waals surface area contributed by atoms with Crippen molar-refractivity contribution < 1.29 is 5.11 Å². The lowest BCUT2D eigenvalue weighted by Gasteiger charge is -2.27. The van der Waals surface area contributed by atoms with Crippen LogP contribution in [0.3, 0.4) is 0 Å². The molecule has 0 amide bonds. The van der Waals surface area contributed by atoms with E-state index >= 15 is 0 Å². The zero-order valence-electron chi connectivity index (χ0n) is 11.4. The molecule has 2 unspecified atom stereocenters. The molecule has 1 aliphatic rings. The standard InChI is InChI=1S/C15H20N4O/c16-14-15(17-9-10-5-1-4-8-13(10)20)19-12-7-3-2-6-11(12)18-14/h2-3,6-7,10,13,20H,1,4-5,8-9H2,(H2,16,18)(H,17,19). The number of nitrogens with one attached hydrogen (secondary N) is 1. The van der Waals surface area contributed by atoms with Gasteiger partial charge in [-0.15, -0.1) is 0 Å². The van der Waals surface area contributed by atoms with Gasteiger partial charge in [-0.25, -0.2) is 9.97 Å². The summed E-state index contributed by atoms with van der Waals surface area (Å²) in [5, 5.41) is 13.2. The van der Waals surface area contributed by atoms with Crippen molar-refractivity contribution in [2.75, 3.05) is 17.6 Å². The quantitative estimate of drug-likeness (QED) is 0.797. The maximum Gasteiger partial charge on any atom is 0.169 e. The van der Waals surface area contributed by atoms with Gasteiger partial charge in [0, 0.05) is 12.5 Å². The van der Waals surface area contributed by atoms with Crippen LogP contribution >= 0.6 is 0 Å². The maximum atomic E-state index is 9.98. The van der Waals surface area contributed by atoms with E-state index in [0.717, 1.165) is 30.3 Å². The van der Waals surface area contributed by atoms with Gasteiger partial charge in [0.25, 0.3) is 0 Å². The van der Waals surface area contributed by atoms with Gasteiger partial charge in [-0.2, -0.15) is 0 Å². The first kappa shape index (κ1) is 13.1. The van der Waals surface area contributed by atoms with Crippen molar-refractivity contribution in [3.8, 4) is 0 Å². The van der Waals surface area contributed by atoms with E-state index in [-0.39, 0.29) is 12.0 Å². The van der Waals surface area contributed by atoms with Gasteiger partial charge >= 0.3 is 0 Å². The molecule has 1 aromatic carbocycles. The molecule has 0 spiro atoms. The van der Waals surface area contributed by atoms with Crippen LogP contribution in [0.15, 0.2) is 24.3 Å². The van der Waals surface area contributed by atoms with Crippen LogP contribution in [0, 0.1) is 5.92 Å². The predicted molar refractivity (Wildman–Crippen MR) is 80.4 cm³/mol. The molecule has 2 aromatic rings. The van der Waals surface area contributed by atoms with E-state index in [4.69, 9.17) is 5.73 Å². The summed E-state index contributed by atoms with van der Waals surface area (Å²) < 4.78 is 0. The van der Waals surface area contributed by atoms with Crippen LogP contribution in [0.5, 0.6) is 0 Å². The SMILES string of the molecule is Nc1nc2ccccc2nc1NCC1CCCCC1O. The highest BCUT2D eigenvalue weighted by molar-refractivity contribution is 5.79. The van der Waals surface area contributed by atoms with Crippen LogP contribution in [-0.4, -0.2) is 27.7 Å².